The van der Waals surface area contributed by atoms with E-state index in [1.165, 1.54) is 0 Å². The van der Waals surface area contributed by atoms with Gasteiger partial charge in [0, 0.05) is 83.3 Å². The van der Waals surface area contributed by atoms with Gasteiger partial charge in [-0.05, 0) is 115 Å². The first kappa shape index (κ1) is 43.6. The van der Waals surface area contributed by atoms with Crippen LogP contribution >= 0.6 is 0 Å². The van der Waals surface area contributed by atoms with Crippen molar-refractivity contribution in [2.24, 2.45) is 0 Å². The molecule has 11 aromatic carbocycles. The van der Waals surface area contributed by atoms with E-state index in [-0.39, 0.29) is 0 Å². The number of para-hydroxylation sites is 8. The molecule has 0 aliphatic rings. The van der Waals surface area contributed by atoms with Crippen LogP contribution in [0.3, 0.4) is 0 Å². The zero-order valence-electron chi connectivity index (χ0n) is 41.9. The molecule has 5 heterocycles. The average Bonchev–Trinajstić information content (AvgIpc) is 4.37. The van der Waals surface area contributed by atoms with Crippen LogP contribution < -0.4 is 9.80 Å². The summed E-state index contributed by atoms with van der Waals surface area (Å²) in [6.07, 6.45) is 0. The minimum Gasteiger partial charge on any atom is -0.456 e. The smallest absolute Gasteiger partial charge is 0.241 e. The van der Waals surface area contributed by atoms with Crippen LogP contribution in [0.15, 0.2) is 271 Å². The average molecular weight is 1000 g/mol. The number of fused-ring (bicyclic) bond motifs is 12. The molecule has 9 nitrogen and oxygen atoms in total. The predicted octanol–water partition coefficient (Wildman–Crippen LogP) is 18.0. The first-order valence-electron chi connectivity index (χ1n) is 26.2. The van der Waals surface area contributed by atoms with Crippen molar-refractivity contribution in [2.75, 3.05) is 9.80 Å². The molecule has 0 fully saturated rings. The summed E-state index contributed by atoms with van der Waals surface area (Å²) in [5.74, 6) is 1.43. The minimum absolute atomic E-state index is 0.473. The Bertz CT molecular complexity index is 4690. The third kappa shape index (κ3) is 6.78. The molecule has 0 bridgehead atoms. The number of aromatic nitrogens is 6. The molecule has 0 aliphatic carbocycles. The Morgan fingerprint density at radius 2 is 0.564 bits per heavy atom. The van der Waals surface area contributed by atoms with Gasteiger partial charge in [0.2, 0.25) is 17.8 Å². The minimum atomic E-state index is 0.473. The second-order valence-corrected chi connectivity index (χ2v) is 19.7. The molecule has 16 rings (SSSR count). The SMILES string of the molecule is c1ccc(N(c2ccccc2)c2ccc3c(c2)c2ccccc2n3-c2nc(-n3c4ccccc4c4cc(N(c5ccccc5)c5ccccc5)ccc43)nc(-n3c4ccccc4c4cc5c(cc43)oc3ccccc35)n2)cc1. The highest BCUT2D eigenvalue weighted by atomic mass is 16.3. The lowest BCUT2D eigenvalue weighted by molar-refractivity contribution is 0.669. The van der Waals surface area contributed by atoms with E-state index in [9.17, 15) is 0 Å². The lowest BCUT2D eigenvalue weighted by Gasteiger charge is -2.25. The highest BCUT2D eigenvalue weighted by Gasteiger charge is 2.25. The standard InChI is InChI=1S/C69H44N8O/c1-5-21-45(22-6-1)73(46-23-7-2-8-24-46)49-37-39-62-55(41-49)51-29-13-17-33-59(51)75(62)67-70-68(72-69(71-67)77-61-35-19-15-31-53(61)57-43-58-54-32-16-20-36-65(54)78-66(58)44-64(57)77)76-60-34-18-14-30-52(60)56-42-50(38-40-63(56)76)74(47-25-9-3-10-26-47)48-27-11-4-12-28-48/h1-44H. The summed E-state index contributed by atoms with van der Waals surface area (Å²) in [5.41, 5.74) is 13.7. The molecule has 78 heavy (non-hydrogen) atoms. The maximum absolute atomic E-state index is 6.59. The van der Waals surface area contributed by atoms with Crippen LogP contribution in [0, 0.1) is 0 Å². The Morgan fingerprint density at radius 1 is 0.231 bits per heavy atom. The van der Waals surface area contributed by atoms with Crippen molar-refractivity contribution in [1.29, 1.82) is 0 Å². The largest absolute Gasteiger partial charge is 0.456 e. The molecule has 0 N–H and O–H groups in total. The molecular weight excluding hydrogens is 957 g/mol. The van der Waals surface area contributed by atoms with Crippen LogP contribution in [0.2, 0.25) is 0 Å². The van der Waals surface area contributed by atoms with E-state index in [0.717, 1.165) is 121 Å². The quantitative estimate of drug-likeness (QED) is 0.143. The number of anilines is 6. The molecule has 0 unspecified atom stereocenters. The van der Waals surface area contributed by atoms with Crippen molar-refractivity contribution in [2.45, 2.75) is 0 Å². The third-order valence-electron chi connectivity index (χ3n) is 15.3. The topological polar surface area (TPSA) is 73.1 Å². The molecule has 5 aromatic heterocycles. The van der Waals surface area contributed by atoms with Crippen molar-refractivity contribution >= 4 is 121 Å². The van der Waals surface area contributed by atoms with E-state index < -0.39 is 0 Å². The van der Waals surface area contributed by atoms with E-state index in [1.54, 1.807) is 0 Å². The van der Waals surface area contributed by atoms with Gasteiger partial charge in [0.25, 0.3) is 0 Å². The lowest BCUT2D eigenvalue weighted by atomic mass is 10.1. The van der Waals surface area contributed by atoms with Crippen LogP contribution in [0.25, 0.3) is 105 Å². The maximum Gasteiger partial charge on any atom is 0.241 e. The maximum atomic E-state index is 6.59. The fourth-order valence-corrected chi connectivity index (χ4v) is 11.9. The summed E-state index contributed by atoms with van der Waals surface area (Å²) in [7, 11) is 0. The second-order valence-electron chi connectivity index (χ2n) is 19.7. The number of furan rings is 1. The highest BCUT2D eigenvalue weighted by Crippen LogP contribution is 2.43. The molecule has 0 saturated heterocycles. The van der Waals surface area contributed by atoms with Crippen molar-refractivity contribution in [3.63, 3.8) is 0 Å². The van der Waals surface area contributed by atoms with Crippen LogP contribution in [-0.2, 0) is 0 Å². The van der Waals surface area contributed by atoms with Gasteiger partial charge in [-0.2, -0.15) is 15.0 Å². The first-order valence-corrected chi connectivity index (χ1v) is 26.2. The summed E-state index contributed by atoms with van der Waals surface area (Å²) in [6.45, 7) is 0. The summed E-state index contributed by atoms with van der Waals surface area (Å²) >= 11 is 0. The Hall–Kier alpha value is -10.8. The van der Waals surface area contributed by atoms with Crippen LogP contribution in [0.4, 0.5) is 34.1 Å². The van der Waals surface area contributed by atoms with Gasteiger partial charge in [-0.3, -0.25) is 13.7 Å². The highest BCUT2D eigenvalue weighted by molar-refractivity contribution is 6.17. The molecule has 0 radical (unpaired) electrons. The Balaban J connectivity index is 0.975. The molecule has 0 saturated carbocycles. The van der Waals surface area contributed by atoms with Crippen LogP contribution in [0.5, 0.6) is 0 Å². The van der Waals surface area contributed by atoms with E-state index in [2.05, 4.69) is 278 Å². The van der Waals surface area contributed by atoms with Gasteiger partial charge in [0.15, 0.2) is 0 Å². The van der Waals surface area contributed by atoms with Gasteiger partial charge in [0.1, 0.15) is 11.2 Å². The van der Waals surface area contributed by atoms with Crippen LogP contribution in [-0.4, -0.2) is 28.7 Å². The normalized spacial score (nSPS) is 11.8. The molecule has 0 atom stereocenters. The summed E-state index contributed by atoms with van der Waals surface area (Å²) in [6, 6.07) is 93.8. The molecule has 366 valence electrons. The molecule has 0 aliphatic heterocycles. The summed E-state index contributed by atoms with van der Waals surface area (Å²) in [4.78, 5) is 21.5. The van der Waals surface area contributed by atoms with Gasteiger partial charge in [-0.1, -0.05) is 146 Å². The Kier molecular flexibility index (Phi) is 9.73. The number of hydrogen-bond acceptors (Lipinski definition) is 6. The zero-order valence-corrected chi connectivity index (χ0v) is 41.9. The van der Waals surface area contributed by atoms with Crippen molar-refractivity contribution in [1.82, 2.24) is 28.7 Å². The molecule has 9 heteroatoms. The van der Waals surface area contributed by atoms with Gasteiger partial charge in [-0.25, -0.2) is 0 Å². The lowest BCUT2D eigenvalue weighted by Crippen LogP contribution is -2.13. The van der Waals surface area contributed by atoms with Crippen molar-refractivity contribution < 1.29 is 4.42 Å². The first-order chi connectivity index (χ1) is 38.7. The number of rotatable bonds is 9. The molecule has 16 aromatic rings. The zero-order chi connectivity index (χ0) is 51.3. The fraction of sp³-hybridized carbons (Fsp3) is 0. The van der Waals surface area contributed by atoms with E-state index >= 15 is 0 Å². The number of nitrogens with zero attached hydrogens (tertiary/aromatic N) is 8. The second kappa shape index (κ2) is 17.4. The van der Waals surface area contributed by atoms with Gasteiger partial charge in [0.05, 0.1) is 33.1 Å². The van der Waals surface area contributed by atoms with Gasteiger partial charge >= 0.3 is 0 Å². The molecular formula is C69H44N8O. The number of benzene rings is 11. The van der Waals surface area contributed by atoms with Crippen molar-refractivity contribution in [3.05, 3.63) is 267 Å². The monoisotopic (exact) mass is 1000 g/mol. The summed E-state index contributed by atoms with van der Waals surface area (Å²) < 4.78 is 13.2. The fourth-order valence-electron chi connectivity index (χ4n) is 11.9. The summed E-state index contributed by atoms with van der Waals surface area (Å²) in [5, 5.41) is 8.58. The van der Waals surface area contributed by atoms with Crippen molar-refractivity contribution in [3.8, 4) is 17.8 Å². The van der Waals surface area contributed by atoms with E-state index in [0.29, 0.717) is 17.8 Å². The van der Waals surface area contributed by atoms with Crippen LogP contribution in [0.1, 0.15) is 0 Å². The molecule has 0 spiro atoms. The van der Waals surface area contributed by atoms with E-state index in [4.69, 9.17) is 19.4 Å². The number of hydrogen-bond donors (Lipinski definition) is 0. The predicted molar refractivity (Wildman–Crippen MR) is 319 cm³/mol. The molecule has 0 amide bonds. The Morgan fingerprint density at radius 3 is 0.987 bits per heavy atom. The van der Waals surface area contributed by atoms with Gasteiger partial charge < -0.3 is 14.2 Å². The third-order valence-corrected chi connectivity index (χ3v) is 15.3. The Labute approximate surface area is 447 Å². The van der Waals surface area contributed by atoms with E-state index in [1.807, 2.05) is 12.1 Å². The van der Waals surface area contributed by atoms with Gasteiger partial charge in [-0.15, -0.1) is 0 Å².